The molecule has 0 aromatic rings. The van der Waals surface area contributed by atoms with Crippen LogP contribution in [0.5, 0.6) is 0 Å². The quantitative estimate of drug-likeness (QED) is 0.131. The lowest BCUT2D eigenvalue weighted by Gasteiger charge is -2.60. The molecular formula is C51H74O18. The summed E-state index contributed by atoms with van der Waals surface area (Å²) < 4.78 is 58.0. The Bertz CT molecular complexity index is 1950. The van der Waals surface area contributed by atoms with E-state index in [1.54, 1.807) is 0 Å². The van der Waals surface area contributed by atoms with Crippen LogP contribution in [0.2, 0.25) is 0 Å². The molecule has 15 fully saturated rings. The average Bonchev–Trinajstić information content (AvgIpc) is 3.79. The summed E-state index contributed by atoms with van der Waals surface area (Å²) in [5, 5.41) is 0. The highest BCUT2D eigenvalue weighted by atomic mass is 17.3. The Morgan fingerprint density at radius 2 is 0.754 bits per heavy atom. The highest BCUT2D eigenvalue weighted by Gasteiger charge is 2.73. The van der Waals surface area contributed by atoms with E-state index in [0.717, 1.165) is 57.8 Å². The highest BCUT2D eigenvalue weighted by molar-refractivity contribution is 5.84. The van der Waals surface area contributed by atoms with Gasteiger partial charge in [-0.2, -0.15) is 0 Å². The van der Waals surface area contributed by atoms with Gasteiger partial charge in [-0.3, -0.25) is 14.4 Å². The first kappa shape index (κ1) is 47.9. The average molecular weight is 975 g/mol. The summed E-state index contributed by atoms with van der Waals surface area (Å²) >= 11 is 0. The van der Waals surface area contributed by atoms with Gasteiger partial charge in [0.2, 0.25) is 36.2 Å². The van der Waals surface area contributed by atoms with Gasteiger partial charge in [0.25, 0.3) is 0 Å². The van der Waals surface area contributed by atoms with Crippen LogP contribution in [0.4, 0.5) is 0 Å². The first-order valence-electron chi connectivity index (χ1n) is 26.5. The van der Waals surface area contributed by atoms with E-state index in [-0.39, 0.29) is 53.3 Å². The summed E-state index contributed by atoms with van der Waals surface area (Å²) in [6.45, 7) is 18.2. The molecule has 18 nitrogen and oxygen atoms in total. The van der Waals surface area contributed by atoms with Crippen molar-refractivity contribution in [1.82, 2.24) is 0 Å². The molecule has 15 rings (SSSR count). The zero-order valence-electron chi connectivity index (χ0n) is 41.7. The molecular weight excluding hydrogens is 901 g/mol. The van der Waals surface area contributed by atoms with E-state index in [0.29, 0.717) is 37.0 Å². The number of hydrogen-bond donors (Lipinski definition) is 0. The van der Waals surface area contributed by atoms with Gasteiger partial charge in [-0.25, -0.2) is 29.3 Å². The van der Waals surface area contributed by atoms with E-state index in [1.807, 2.05) is 41.5 Å². The molecule has 0 aromatic carbocycles. The summed E-state index contributed by atoms with van der Waals surface area (Å²) in [6.07, 6.45) is 2.98. The fraction of sp³-hybridized carbons (Fsp3) is 0.941. The van der Waals surface area contributed by atoms with Crippen molar-refractivity contribution >= 4 is 17.9 Å². The maximum atomic E-state index is 14.8. The van der Waals surface area contributed by atoms with E-state index < -0.39 is 109 Å². The van der Waals surface area contributed by atoms with Gasteiger partial charge >= 0.3 is 17.9 Å². The van der Waals surface area contributed by atoms with Crippen molar-refractivity contribution in [3.8, 4) is 0 Å². The molecule has 3 spiro atoms. The normalized spacial score (nSPS) is 56.0. The van der Waals surface area contributed by atoms with E-state index in [1.165, 1.54) is 0 Å². The maximum absolute atomic E-state index is 14.8. The van der Waals surface area contributed by atoms with E-state index in [2.05, 4.69) is 20.8 Å². The van der Waals surface area contributed by atoms with Crippen LogP contribution in [-0.4, -0.2) is 89.8 Å². The predicted octanol–water partition coefficient (Wildman–Crippen LogP) is 7.64. The summed E-state index contributed by atoms with van der Waals surface area (Å²) in [6, 6.07) is 0. The first-order chi connectivity index (χ1) is 32.8. The molecule has 6 unspecified atom stereocenters. The van der Waals surface area contributed by atoms with Crippen molar-refractivity contribution in [2.45, 2.75) is 224 Å². The minimum Gasteiger partial charge on any atom is -0.435 e. The van der Waals surface area contributed by atoms with Gasteiger partial charge in [0.05, 0.1) is 18.8 Å². The Balaban J connectivity index is 0.792. The molecule has 6 bridgehead atoms. The number of carbonyl (C=O) groups excluding carboxylic acids is 3. The van der Waals surface area contributed by atoms with Crippen molar-refractivity contribution < 1.29 is 86.3 Å². The van der Waals surface area contributed by atoms with Crippen LogP contribution in [0.3, 0.4) is 0 Å². The lowest BCUT2D eigenvalue weighted by Crippen LogP contribution is -2.70. The Morgan fingerprint density at radius 1 is 0.435 bits per heavy atom. The van der Waals surface area contributed by atoms with Crippen LogP contribution in [0, 0.1) is 76.9 Å². The first-order valence-corrected chi connectivity index (χ1v) is 26.5. The van der Waals surface area contributed by atoms with Crippen molar-refractivity contribution in [3.63, 3.8) is 0 Å². The zero-order chi connectivity index (χ0) is 48.2. The SMILES string of the molecule is C[C@@H]1CC[C@H]2[C@@H](C)C(OC(=O)CC(CC(=O)OC3O[C@@H]4OC5(C)CC[C@H]6[C@H](C)CC[C@@H]([C@H]3C)[C@@]46OO5)C(=O)OC3O[C@@H]4OC5(C)CC[C@H]6[C@H](C)CC[C@@H]([C@H]3C)[C@@]46OO5)O[C@@H]3OC4(C)CC[C@@H]1[C@]32OO4. The third-order valence-corrected chi connectivity index (χ3v) is 20.2. The second kappa shape index (κ2) is 16.7. The minimum absolute atomic E-state index is 0.103. The molecule has 3 saturated carbocycles. The van der Waals surface area contributed by atoms with Crippen molar-refractivity contribution in [1.29, 1.82) is 0 Å². The molecule has 386 valence electrons. The third kappa shape index (κ3) is 7.24. The Hall–Kier alpha value is -2.07. The molecule has 18 heteroatoms. The molecule has 12 saturated heterocycles. The maximum Gasteiger partial charge on any atom is 0.312 e. The van der Waals surface area contributed by atoms with Crippen LogP contribution >= 0.6 is 0 Å². The molecule has 15 aliphatic rings. The fourth-order valence-corrected chi connectivity index (χ4v) is 16.2. The lowest BCUT2D eigenvalue weighted by atomic mass is 9.58. The summed E-state index contributed by atoms with van der Waals surface area (Å²) in [5.41, 5.74) is -2.61. The van der Waals surface area contributed by atoms with Crippen LogP contribution in [0.25, 0.3) is 0 Å². The van der Waals surface area contributed by atoms with Gasteiger partial charge in [-0.05, 0) is 114 Å². The fourth-order valence-electron chi connectivity index (χ4n) is 16.2. The number of ether oxygens (including phenoxy) is 9. The molecule has 0 aromatic heterocycles. The Kier molecular flexibility index (Phi) is 11.6. The van der Waals surface area contributed by atoms with Crippen LogP contribution in [-0.2, 0) is 86.3 Å². The van der Waals surface area contributed by atoms with Gasteiger partial charge in [0.1, 0.15) is 0 Å². The van der Waals surface area contributed by atoms with E-state index in [4.69, 9.17) is 72.0 Å². The second-order valence-corrected chi connectivity index (χ2v) is 24.3. The minimum atomic E-state index is -1.34. The molecule has 12 heterocycles. The number of rotatable bonds is 8. The molecule has 3 aliphatic carbocycles. The van der Waals surface area contributed by atoms with Gasteiger partial charge in [-0.15, -0.1) is 0 Å². The molecule has 0 N–H and O–H groups in total. The number of fused-ring (bicyclic) bond motifs is 6. The van der Waals surface area contributed by atoms with Crippen LogP contribution < -0.4 is 0 Å². The zero-order valence-corrected chi connectivity index (χ0v) is 41.7. The van der Waals surface area contributed by atoms with E-state index in [9.17, 15) is 14.4 Å². The second-order valence-electron chi connectivity index (χ2n) is 24.3. The van der Waals surface area contributed by atoms with Crippen molar-refractivity contribution in [3.05, 3.63) is 0 Å². The molecule has 0 amide bonds. The monoisotopic (exact) mass is 974 g/mol. The topological polar surface area (TPSA) is 190 Å². The van der Waals surface area contributed by atoms with E-state index >= 15 is 0 Å². The molecule has 12 aliphatic heterocycles. The molecule has 24 atom stereocenters. The highest BCUT2D eigenvalue weighted by Crippen LogP contribution is 2.64. The van der Waals surface area contributed by atoms with Crippen LogP contribution in [0.1, 0.15) is 152 Å². The number of carbonyl (C=O) groups is 3. The lowest BCUT2D eigenvalue weighted by molar-refractivity contribution is -0.576. The number of hydrogen-bond acceptors (Lipinski definition) is 18. The third-order valence-electron chi connectivity index (χ3n) is 20.2. The van der Waals surface area contributed by atoms with Gasteiger partial charge in [-0.1, -0.05) is 41.5 Å². The molecule has 69 heavy (non-hydrogen) atoms. The van der Waals surface area contributed by atoms with Gasteiger partial charge < -0.3 is 42.6 Å². The summed E-state index contributed by atoms with van der Waals surface area (Å²) in [7, 11) is 0. The van der Waals surface area contributed by atoms with Crippen molar-refractivity contribution in [2.24, 2.45) is 76.9 Å². The van der Waals surface area contributed by atoms with Gasteiger partial charge in [0, 0.05) is 54.8 Å². The standard InChI is InChI=1S/C51H74O18/c1-24-10-13-34-27(4)40(58-43-49(34)31(24)16-19-46(7,61-43)64-67-49)55-37(52)22-30(39(54)57-42-29(6)36-15-12-26(3)33-18-21-48(9)63-45(60-42)51(33,36)69-66-48)23-38(53)56-41-28(5)35-14-11-25(2)32-17-20-47(8)62-44(59-41)50(32,35)68-65-47/h24-36,40-45H,10-23H2,1-9H3/t24-,25-,26-,27-,28-,29-,30?,31+,32+,33+,34+,35+,36+,40?,41?,42?,43-,44-,45-,46?,47?,48?,49-,50-,51-/m1/s1. The Labute approximate surface area is 404 Å². The predicted molar refractivity (Wildman–Crippen MR) is 231 cm³/mol. The largest absolute Gasteiger partial charge is 0.435 e. The molecule has 0 radical (unpaired) electrons. The number of esters is 3. The van der Waals surface area contributed by atoms with Crippen molar-refractivity contribution in [2.75, 3.05) is 0 Å². The smallest absolute Gasteiger partial charge is 0.312 e. The van der Waals surface area contributed by atoms with Gasteiger partial charge in [0.15, 0.2) is 35.7 Å². The summed E-state index contributed by atoms with van der Waals surface area (Å²) in [5.74, 6) is -6.65. The van der Waals surface area contributed by atoms with Crippen LogP contribution in [0.15, 0.2) is 0 Å². The Morgan fingerprint density at radius 3 is 1.09 bits per heavy atom. The summed E-state index contributed by atoms with van der Waals surface area (Å²) in [4.78, 5) is 80.4.